The van der Waals surface area contributed by atoms with Crippen molar-refractivity contribution in [2.45, 2.75) is 16.5 Å². The number of aromatic carboxylic acids is 1. The highest BCUT2D eigenvalue weighted by Gasteiger charge is 2.42. The number of halogens is 1. The van der Waals surface area contributed by atoms with Gasteiger partial charge in [0.15, 0.2) is 3.92 Å². The number of carboxylic acid groups (broad SMARTS) is 2. The normalized spacial score (nSPS) is 18.7. The number of carbonyl (C=O) groups is 4. The number of hydrogen-bond acceptors (Lipinski definition) is 5. The molecule has 0 aromatic heterocycles. The number of benzene rings is 1. The number of nitrogens with two attached hydrogens (primary N) is 1. The number of amides is 3. The second kappa shape index (κ2) is 7.70. The zero-order chi connectivity index (χ0) is 18.7. The molecule has 4 N–H and O–H groups in total. The maximum atomic E-state index is 12.5. The summed E-state index contributed by atoms with van der Waals surface area (Å²) >= 11 is 1.84. The summed E-state index contributed by atoms with van der Waals surface area (Å²) in [5.74, 6) is -2.76. The quantitative estimate of drug-likeness (QED) is 0.312. The van der Waals surface area contributed by atoms with Crippen molar-refractivity contribution in [1.82, 2.24) is 4.90 Å². The maximum Gasteiger partial charge on any atom is 0.500 e. The maximum absolute atomic E-state index is 12.5. The fraction of sp³-hybridized carbons (Fsp3) is 0.267. The zero-order valence-electron chi connectivity index (χ0n) is 12.8. The Morgan fingerprint density at radius 1 is 1.24 bits per heavy atom. The molecule has 1 unspecified atom stereocenters. The molecule has 0 spiro atoms. The van der Waals surface area contributed by atoms with Gasteiger partial charge in [-0.2, -0.15) is 14.3 Å². The monoisotopic (exact) mass is 460 g/mol. The van der Waals surface area contributed by atoms with Crippen LogP contribution in [-0.4, -0.2) is 66.3 Å². The van der Waals surface area contributed by atoms with Crippen molar-refractivity contribution in [3.8, 4) is 0 Å². The first-order chi connectivity index (χ1) is 11.7. The van der Waals surface area contributed by atoms with Gasteiger partial charge < -0.3 is 15.9 Å². The van der Waals surface area contributed by atoms with Gasteiger partial charge in [-0.15, -0.1) is 0 Å². The number of rotatable bonds is 6. The van der Waals surface area contributed by atoms with Gasteiger partial charge in [-0.3, -0.25) is 4.79 Å². The van der Waals surface area contributed by atoms with E-state index in [0.717, 1.165) is 9.48 Å². The van der Waals surface area contributed by atoms with Gasteiger partial charge in [0, 0.05) is 0 Å². The first-order valence-corrected chi connectivity index (χ1v) is 8.37. The van der Waals surface area contributed by atoms with E-state index < -0.39 is 33.8 Å². The molecule has 132 valence electrons. The Labute approximate surface area is 155 Å². The predicted molar refractivity (Wildman–Crippen MR) is 94.0 cm³/mol. The molecule has 9 nitrogen and oxygen atoms in total. The molecule has 1 aliphatic rings. The fourth-order valence-electron chi connectivity index (χ4n) is 2.19. The van der Waals surface area contributed by atoms with Crippen molar-refractivity contribution in [2.75, 3.05) is 6.54 Å². The van der Waals surface area contributed by atoms with Gasteiger partial charge in [0.25, 0.3) is 0 Å². The van der Waals surface area contributed by atoms with Gasteiger partial charge in [-0.1, -0.05) is 34.7 Å². The highest BCUT2D eigenvalue weighted by Crippen LogP contribution is 2.16. The van der Waals surface area contributed by atoms with Crippen LogP contribution < -0.4 is 5.73 Å². The van der Waals surface area contributed by atoms with E-state index in [0.29, 0.717) is 5.56 Å². The standard InChI is InChI=1S/C15H14IN3O6/c16-10-6-18(7-11(17)14(23)24)15(25)19(12(10)20)5-8-1-3-9(4-2-8)13(21)22/h1-4,6,10-11H,5,7,17H2,(H-,21,22,23,24)/p+1/t10?,11-/m0/s1. The van der Waals surface area contributed by atoms with Crippen molar-refractivity contribution >= 4 is 52.7 Å². The molecular formula is C15H15IN3O6+. The molecule has 1 heterocycles. The summed E-state index contributed by atoms with van der Waals surface area (Å²) in [5.41, 5.74) is 6.12. The first-order valence-electron chi connectivity index (χ1n) is 7.12. The van der Waals surface area contributed by atoms with Crippen LogP contribution in [0.1, 0.15) is 15.9 Å². The van der Waals surface area contributed by atoms with Gasteiger partial charge in [0.05, 0.1) is 11.8 Å². The zero-order valence-corrected chi connectivity index (χ0v) is 15.0. The number of carbonyl (C=O) groups excluding carboxylic acids is 2. The van der Waals surface area contributed by atoms with Gasteiger partial charge >= 0.3 is 23.9 Å². The van der Waals surface area contributed by atoms with E-state index in [4.69, 9.17) is 15.9 Å². The highest BCUT2D eigenvalue weighted by atomic mass is 127. The Morgan fingerprint density at radius 2 is 1.84 bits per heavy atom. The lowest BCUT2D eigenvalue weighted by Crippen LogP contribution is -2.54. The molecule has 3 amide bonds. The molecule has 2 rings (SSSR count). The molecule has 0 saturated heterocycles. The summed E-state index contributed by atoms with van der Waals surface area (Å²) < 4.78 is 0.470. The van der Waals surface area contributed by atoms with Crippen LogP contribution in [0.5, 0.6) is 0 Å². The van der Waals surface area contributed by atoms with Crippen LogP contribution in [0.3, 0.4) is 0 Å². The number of imide groups is 1. The van der Waals surface area contributed by atoms with Crippen LogP contribution in [0.2, 0.25) is 0 Å². The molecule has 1 aromatic rings. The van der Waals surface area contributed by atoms with Crippen LogP contribution in [0.25, 0.3) is 0 Å². The molecular weight excluding hydrogens is 445 g/mol. The Hall–Kier alpha value is -2.34. The third kappa shape index (κ3) is 4.39. The second-order valence-electron chi connectivity index (χ2n) is 5.36. The molecule has 2 atom stereocenters. The average molecular weight is 460 g/mol. The van der Waals surface area contributed by atoms with Crippen LogP contribution in [-0.2, 0) is 16.1 Å². The Kier molecular flexibility index (Phi) is 5.85. The van der Waals surface area contributed by atoms with E-state index in [2.05, 4.69) is 0 Å². The predicted octanol–water partition coefficient (Wildman–Crippen LogP) is 0.146. The highest BCUT2D eigenvalue weighted by molar-refractivity contribution is 14.1. The summed E-state index contributed by atoms with van der Waals surface area (Å²) in [4.78, 5) is 47.5. The molecule has 0 bridgehead atoms. The van der Waals surface area contributed by atoms with E-state index in [-0.39, 0.29) is 18.7 Å². The number of urea groups is 1. The SMILES string of the molecule is N[C@@H](C[N+]1=CC(I)C(=O)N(Cc2ccc(C(=O)O)cc2)C1=O)C(=O)O. The molecule has 1 aliphatic heterocycles. The van der Waals surface area contributed by atoms with Crippen molar-refractivity contribution in [2.24, 2.45) is 5.73 Å². The van der Waals surface area contributed by atoms with E-state index in [1.54, 1.807) is 0 Å². The number of alkyl halides is 1. The molecule has 1 aromatic carbocycles. The lowest BCUT2D eigenvalue weighted by atomic mass is 10.1. The fourth-order valence-corrected chi connectivity index (χ4v) is 2.92. The molecule has 25 heavy (non-hydrogen) atoms. The number of carboxylic acids is 2. The largest absolute Gasteiger partial charge is 0.500 e. The van der Waals surface area contributed by atoms with Crippen LogP contribution in [0.4, 0.5) is 4.79 Å². The summed E-state index contributed by atoms with van der Waals surface area (Å²) in [6.45, 7) is -0.306. The minimum absolute atomic E-state index is 0.0519. The second-order valence-corrected chi connectivity index (χ2v) is 6.70. The minimum Gasteiger partial charge on any atom is -0.480 e. The summed E-state index contributed by atoms with van der Waals surface area (Å²) in [6, 6.07) is 3.84. The van der Waals surface area contributed by atoms with Crippen LogP contribution in [0, 0.1) is 0 Å². The lowest BCUT2D eigenvalue weighted by molar-refractivity contribution is -0.435. The van der Waals surface area contributed by atoms with Crippen LogP contribution >= 0.6 is 22.6 Å². The van der Waals surface area contributed by atoms with Crippen LogP contribution in [0.15, 0.2) is 24.3 Å². The summed E-state index contributed by atoms with van der Waals surface area (Å²) in [7, 11) is 0. The van der Waals surface area contributed by atoms with Gasteiger partial charge in [0.2, 0.25) is 0 Å². The van der Waals surface area contributed by atoms with Crippen molar-refractivity contribution < 1.29 is 34.0 Å². The number of nitrogens with zero attached hydrogens (tertiary/aromatic N) is 2. The molecule has 0 fully saturated rings. The van der Waals surface area contributed by atoms with E-state index in [9.17, 15) is 19.2 Å². The van der Waals surface area contributed by atoms with Gasteiger partial charge in [-0.25, -0.2) is 9.59 Å². The molecule has 0 saturated carbocycles. The van der Waals surface area contributed by atoms with Gasteiger partial charge in [0.1, 0.15) is 19.1 Å². The summed E-state index contributed by atoms with van der Waals surface area (Å²) in [6.07, 6.45) is 1.35. The van der Waals surface area contributed by atoms with Crippen molar-refractivity contribution in [3.63, 3.8) is 0 Å². The molecule has 0 radical (unpaired) electrons. The van der Waals surface area contributed by atoms with Crippen molar-refractivity contribution in [3.05, 3.63) is 35.4 Å². The van der Waals surface area contributed by atoms with E-state index in [1.165, 1.54) is 30.5 Å². The lowest BCUT2D eigenvalue weighted by Gasteiger charge is -2.22. The van der Waals surface area contributed by atoms with E-state index >= 15 is 0 Å². The Morgan fingerprint density at radius 3 is 2.36 bits per heavy atom. The number of aliphatic carboxylic acids is 1. The Bertz CT molecular complexity index is 761. The minimum atomic E-state index is -1.27. The first kappa shape index (κ1) is 19.0. The van der Waals surface area contributed by atoms with Gasteiger partial charge in [-0.05, 0) is 17.7 Å². The molecule has 10 heteroatoms. The topological polar surface area (TPSA) is 141 Å². The smallest absolute Gasteiger partial charge is 0.480 e. The van der Waals surface area contributed by atoms with Crippen molar-refractivity contribution in [1.29, 1.82) is 0 Å². The third-order valence-corrected chi connectivity index (χ3v) is 4.40. The van der Waals surface area contributed by atoms with E-state index in [1.807, 2.05) is 22.6 Å². The Balaban J connectivity index is 2.20. The summed E-state index contributed by atoms with van der Waals surface area (Å²) in [5, 5.41) is 17.8. The average Bonchev–Trinajstić information content (AvgIpc) is 2.56. The number of hydrogen-bond donors (Lipinski definition) is 3. The molecule has 0 aliphatic carbocycles. The third-order valence-electron chi connectivity index (χ3n) is 3.54.